The van der Waals surface area contributed by atoms with Gasteiger partial charge in [-0.25, -0.2) is 0 Å². The molecule has 0 aromatic heterocycles. The maximum Gasteiger partial charge on any atom is 0.253 e. The van der Waals surface area contributed by atoms with Gasteiger partial charge in [0.15, 0.2) is 0 Å². The van der Waals surface area contributed by atoms with Crippen LogP contribution in [0.2, 0.25) is 0 Å². The van der Waals surface area contributed by atoms with Gasteiger partial charge in [-0.1, -0.05) is 40.2 Å². The van der Waals surface area contributed by atoms with Gasteiger partial charge in [-0.2, -0.15) is 0 Å². The number of amides is 1. The zero-order chi connectivity index (χ0) is 20.3. The number of hydrogen-bond acceptors (Lipinski definition) is 3. The number of morpholine rings is 1. The van der Waals surface area contributed by atoms with Crippen molar-refractivity contribution >= 4 is 21.8 Å². The average Bonchev–Trinajstić information content (AvgIpc) is 2.67. The number of ether oxygens (including phenoxy) is 2. The van der Waals surface area contributed by atoms with Crippen LogP contribution < -0.4 is 4.74 Å². The first kappa shape index (κ1) is 20.6. The summed E-state index contributed by atoms with van der Waals surface area (Å²) in [6.45, 7) is 8.82. The minimum absolute atomic E-state index is 0.0119. The molecule has 2 aromatic rings. The van der Waals surface area contributed by atoms with Gasteiger partial charge in [0.1, 0.15) is 11.9 Å². The summed E-state index contributed by atoms with van der Waals surface area (Å²) in [4.78, 5) is 15.3. The van der Waals surface area contributed by atoms with Crippen molar-refractivity contribution in [2.75, 3.05) is 13.7 Å². The Kier molecular flexibility index (Phi) is 6.26. The van der Waals surface area contributed by atoms with Crippen LogP contribution in [-0.2, 0) is 21.6 Å². The molecule has 1 amide bonds. The van der Waals surface area contributed by atoms with E-state index in [0.717, 1.165) is 26.9 Å². The van der Waals surface area contributed by atoms with E-state index in [2.05, 4.69) is 54.6 Å². The van der Waals surface area contributed by atoms with Crippen LogP contribution in [0.4, 0.5) is 0 Å². The van der Waals surface area contributed by atoms with E-state index in [9.17, 15) is 4.79 Å². The minimum Gasteiger partial charge on any atom is -0.497 e. The molecular weight excluding hydrogens is 418 g/mol. The molecule has 0 radical (unpaired) electrons. The van der Waals surface area contributed by atoms with E-state index in [-0.39, 0.29) is 5.91 Å². The van der Waals surface area contributed by atoms with E-state index in [1.165, 1.54) is 0 Å². The number of rotatable bonds is 6. The van der Waals surface area contributed by atoms with Gasteiger partial charge in [-0.3, -0.25) is 4.79 Å². The predicted octanol–water partition coefficient (Wildman–Crippen LogP) is 4.99. The highest BCUT2D eigenvalue weighted by Gasteiger charge is 2.45. The third kappa shape index (κ3) is 4.15. The van der Waals surface area contributed by atoms with Crippen molar-refractivity contribution in [2.45, 2.75) is 38.5 Å². The van der Waals surface area contributed by atoms with E-state index in [0.29, 0.717) is 19.6 Å². The fourth-order valence-electron chi connectivity index (χ4n) is 3.60. The second-order valence-electron chi connectivity index (χ2n) is 7.39. The van der Waals surface area contributed by atoms with Crippen LogP contribution >= 0.6 is 15.9 Å². The van der Waals surface area contributed by atoms with Crippen LogP contribution in [0.3, 0.4) is 0 Å². The van der Waals surface area contributed by atoms with Gasteiger partial charge in [0.25, 0.3) is 5.91 Å². The molecule has 28 heavy (non-hydrogen) atoms. The maximum absolute atomic E-state index is 13.3. The van der Waals surface area contributed by atoms with Crippen LogP contribution in [0.15, 0.2) is 59.6 Å². The van der Waals surface area contributed by atoms with E-state index < -0.39 is 11.6 Å². The Hall–Kier alpha value is -2.11. The Morgan fingerprint density at radius 1 is 1.32 bits per heavy atom. The SMILES string of the molecule is C=CCC1OCC(C)(c2cc(C)cc(Br)c2)N(Cc2ccc(OC)cc2)C1=O. The molecule has 0 saturated carbocycles. The Bertz CT molecular complexity index is 844. The highest BCUT2D eigenvalue weighted by molar-refractivity contribution is 9.10. The van der Waals surface area contributed by atoms with Crippen molar-refractivity contribution in [3.05, 3.63) is 76.3 Å². The summed E-state index contributed by atoms with van der Waals surface area (Å²) in [5, 5.41) is 0. The number of aryl methyl sites for hydroxylation is 1. The van der Waals surface area contributed by atoms with Gasteiger partial charge in [-0.05, 0) is 54.8 Å². The fraction of sp³-hybridized carbons (Fsp3) is 0.348. The Balaban J connectivity index is 2.00. The highest BCUT2D eigenvalue weighted by Crippen LogP contribution is 2.37. The molecule has 2 atom stereocenters. The summed E-state index contributed by atoms with van der Waals surface area (Å²) >= 11 is 3.59. The van der Waals surface area contributed by atoms with Gasteiger partial charge in [0, 0.05) is 17.4 Å². The lowest BCUT2D eigenvalue weighted by atomic mass is 9.87. The molecule has 0 N–H and O–H groups in total. The third-order valence-electron chi connectivity index (χ3n) is 5.25. The minimum atomic E-state index is -0.566. The largest absolute Gasteiger partial charge is 0.497 e. The molecule has 148 valence electrons. The first-order chi connectivity index (χ1) is 13.4. The van der Waals surface area contributed by atoms with Crippen LogP contribution in [-0.4, -0.2) is 30.6 Å². The highest BCUT2D eigenvalue weighted by atomic mass is 79.9. The second-order valence-corrected chi connectivity index (χ2v) is 8.30. The zero-order valence-corrected chi connectivity index (χ0v) is 18.2. The van der Waals surface area contributed by atoms with Crippen LogP contribution in [0.1, 0.15) is 30.0 Å². The number of halogens is 1. The van der Waals surface area contributed by atoms with E-state index in [4.69, 9.17) is 9.47 Å². The molecule has 3 rings (SSSR count). The number of methoxy groups -OCH3 is 1. The van der Waals surface area contributed by atoms with Crippen LogP contribution in [0, 0.1) is 6.92 Å². The molecule has 0 spiro atoms. The Morgan fingerprint density at radius 2 is 2.04 bits per heavy atom. The molecule has 1 aliphatic rings. The van der Waals surface area contributed by atoms with Crippen molar-refractivity contribution in [2.24, 2.45) is 0 Å². The Labute approximate surface area is 175 Å². The number of carbonyl (C=O) groups excluding carboxylic acids is 1. The standard InChI is InChI=1S/C23H26BrNO3/c1-5-6-21-22(26)25(14-17-7-9-20(27-4)10-8-17)23(3,15-28-21)18-11-16(2)12-19(24)13-18/h5,7-13,21H,1,6,14-15H2,2-4H3. The van der Waals surface area contributed by atoms with Crippen molar-refractivity contribution < 1.29 is 14.3 Å². The third-order valence-corrected chi connectivity index (χ3v) is 5.71. The molecule has 0 aliphatic carbocycles. The summed E-state index contributed by atoms with van der Waals surface area (Å²) in [7, 11) is 1.65. The second kappa shape index (κ2) is 8.50. The summed E-state index contributed by atoms with van der Waals surface area (Å²) in [5.41, 5.74) is 2.67. The van der Waals surface area contributed by atoms with Crippen LogP contribution in [0.25, 0.3) is 0 Å². The molecule has 1 aliphatic heterocycles. The lowest BCUT2D eigenvalue weighted by Crippen LogP contribution is -2.58. The molecule has 1 fully saturated rings. The first-order valence-corrected chi connectivity index (χ1v) is 10.1. The average molecular weight is 444 g/mol. The number of carbonyl (C=O) groups is 1. The van der Waals surface area contributed by atoms with Gasteiger partial charge >= 0.3 is 0 Å². The van der Waals surface area contributed by atoms with Gasteiger partial charge in [0.05, 0.1) is 19.3 Å². The van der Waals surface area contributed by atoms with Gasteiger partial charge < -0.3 is 14.4 Å². The smallest absolute Gasteiger partial charge is 0.253 e. The molecule has 1 saturated heterocycles. The molecule has 2 unspecified atom stereocenters. The molecule has 2 aromatic carbocycles. The summed E-state index contributed by atoms with van der Waals surface area (Å²) in [6.07, 6.45) is 1.75. The Morgan fingerprint density at radius 3 is 2.64 bits per heavy atom. The molecule has 4 nitrogen and oxygen atoms in total. The molecular formula is C23H26BrNO3. The summed E-state index contributed by atoms with van der Waals surface area (Å²) in [6, 6.07) is 14.1. The van der Waals surface area contributed by atoms with E-state index >= 15 is 0 Å². The van der Waals surface area contributed by atoms with Crippen LogP contribution in [0.5, 0.6) is 5.75 Å². The molecule has 0 bridgehead atoms. The lowest BCUT2D eigenvalue weighted by Gasteiger charge is -2.47. The molecule has 5 heteroatoms. The van der Waals surface area contributed by atoms with E-state index in [1.807, 2.05) is 29.2 Å². The maximum atomic E-state index is 13.3. The van der Waals surface area contributed by atoms with Gasteiger partial charge in [-0.15, -0.1) is 6.58 Å². The summed E-state index contributed by atoms with van der Waals surface area (Å²) in [5.74, 6) is 0.786. The molecule has 1 heterocycles. The van der Waals surface area contributed by atoms with Crippen molar-refractivity contribution in [3.8, 4) is 5.75 Å². The quantitative estimate of drug-likeness (QED) is 0.590. The predicted molar refractivity (Wildman–Crippen MR) is 114 cm³/mol. The number of hydrogen-bond donors (Lipinski definition) is 0. The zero-order valence-electron chi connectivity index (χ0n) is 16.6. The topological polar surface area (TPSA) is 38.8 Å². The lowest BCUT2D eigenvalue weighted by molar-refractivity contribution is -0.172. The van der Waals surface area contributed by atoms with Crippen molar-refractivity contribution in [1.82, 2.24) is 4.90 Å². The van der Waals surface area contributed by atoms with Crippen molar-refractivity contribution in [3.63, 3.8) is 0 Å². The van der Waals surface area contributed by atoms with E-state index in [1.54, 1.807) is 13.2 Å². The first-order valence-electron chi connectivity index (χ1n) is 9.32. The monoisotopic (exact) mass is 443 g/mol. The number of benzene rings is 2. The summed E-state index contributed by atoms with van der Waals surface area (Å²) < 4.78 is 12.2. The van der Waals surface area contributed by atoms with Gasteiger partial charge in [0.2, 0.25) is 0 Å². The number of nitrogens with zero attached hydrogens (tertiary/aromatic N) is 1. The van der Waals surface area contributed by atoms with Crippen molar-refractivity contribution in [1.29, 1.82) is 0 Å². The normalized spacial score (nSPS) is 22.2. The fourth-order valence-corrected chi connectivity index (χ4v) is 4.21.